The van der Waals surface area contributed by atoms with E-state index in [2.05, 4.69) is 20.8 Å². The van der Waals surface area contributed by atoms with Crippen LogP contribution in [0.15, 0.2) is 0 Å². The van der Waals surface area contributed by atoms with Gasteiger partial charge in [0.25, 0.3) is 0 Å². The standard InChI is InChI=1S/C19H41ClN/c1-4-7-10-13-16-21(19-20,17-14-11-8-5-2)18-15-12-9-6-3/h4-19H2,1-3H3/q+1. The maximum absolute atomic E-state index is 6.43. The van der Waals surface area contributed by atoms with E-state index in [1.165, 1.54) is 101 Å². The van der Waals surface area contributed by atoms with Gasteiger partial charge >= 0.3 is 0 Å². The molecule has 0 aliphatic heterocycles. The highest BCUT2D eigenvalue weighted by Crippen LogP contribution is 2.18. The van der Waals surface area contributed by atoms with E-state index >= 15 is 0 Å². The Labute approximate surface area is 140 Å². The van der Waals surface area contributed by atoms with Gasteiger partial charge in [-0.15, -0.1) is 0 Å². The molecule has 21 heavy (non-hydrogen) atoms. The van der Waals surface area contributed by atoms with Crippen LogP contribution in [0.5, 0.6) is 0 Å². The van der Waals surface area contributed by atoms with Gasteiger partial charge in [0.1, 0.15) is 0 Å². The Bertz CT molecular complexity index is 174. The van der Waals surface area contributed by atoms with Crippen molar-refractivity contribution in [2.24, 2.45) is 0 Å². The Morgan fingerprint density at radius 2 is 0.857 bits per heavy atom. The molecular formula is C19H41ClN+. The van der Waals surface area contributed by atoms with Gasteiger partial charge in [0.15, 0.2) is 6.00 Å². The van der Waals surface area contributed by atoms with Crippen LogP contribution in [0.1, 0.15) is 97.8 Å². The monoisotopic (exact) mass is 318 g/mol. The summed E-state index contributed by atoms with van der Waals surface area (Å²) in [5, 5.41) is 0. The minimum Gasteiger partial charge on any atom is -0.311 e. The van der Waals surface area contributed by atoms with Crippen LogP contribution >= 0.6 is 11.6 Å². The van der Waals surface area contributed by atoms with Crippen molar-refractivity contribution in [1.82, 2.24) is 0 Å². The Hall–Kier alpha value is 0.250. The molecule has 1 nitrogen and oxygen atoms in total. The first-order chi connectivity index (χ1) is 10.2. The van der Waals surface area contributed by atoms with E-state index in [0.29, 0.717) is 0 Å². The lowest BCUT2D eigenvalue weighted by atomic mass is 10.1. The molecule has 0 aliphatic rings. The predicted octanol–water partition coefficient (Wildman–Crippen LogP) is 6.74. The number of halogens is 1. The summed E-state index contributed by atoms with van der Waals surface area (Å²) in [4.78, 5) is 0. The van der Waals surface area contributed by atoms with Gasteiger partial charge in [0.05, 0.1) is 19.6 Å². The summed E-state index contributed by atoms with van der Waals surface area (Å²) >= 11 is 6.43. The molecule has 0 rings (SSSR count). The van der Waals surface area contributed by atoms with Gasteiger partial charge in [-0.25, -0.2) is 0 Å². The van der Waals surface area contributed by atoms with Crippen molar-refractivity contribution < 1.29 is 4.48 Å². The summed E-state index contributed by atoms with van der Waals surface area (Å²) < 4.78 is 1.18. The van der Waals surface area contributed by atoms with Crippen LogP contribution in [0.25, 0.3) is 0 Å². The van der Waals surface area contributed by atoms with E-state index < -0.39 is 0 Å². The van der Waals surface area contributed by atoms with E-state index in [4.69, 9.17) is 11.6 Å². The number of hydrogen-bond acceptors (Lipinski definition) is 0. The average Bonchev–Trinajstić information content (AvgIpc) is 2.51. The van der Waals surface area contributed by atoms with Crippen molar-refractivity contribution in [2.75, 3.05) is 25.6 Å². The summed E-state index contributed by atoms with van der Waals surface area (Å²) in [6.45, 7) is 10.8. The molecule has 0 saturated heterocycles. The van der Waals surface area contributed by atoms with Crippen LogP contribution in [-0.4, -0.2) is 30.1 Å². The second-order valence-electron chi connectivity index (χ2n) is 6.81. The molecule has 128 valence electrons. The van der Waals surface area contributed by atoms with Crippen molar-refractivity contribution in [3.63, 3.8) is 0 Å². The molecular weight excluding hydrogens is 278 g/mol. The highest BCUT2D eigenvalue weighted by molar-refractivity contribution is 6.16. The van der Waals surface area contributed by atoms with Crippen LogP contribution < -0.4 is 0 Å². The number of hydrogen-bond donors (Lipinski definition) is 0. The lowest BCUT2D eigenvalue weighted by Crippen LogP contribution is -2.49. The van der Waals surface area contributed by atoms with Crippen LogP contribution in [0.4, 0.5) is 0 Å². The summed E-state index contributed by atoms with van der Waals surface area (Å²) in [5.74, 6) is 0. The molecule has 0 radical (unpaired) electrons. The summed E-state index contributed by atoms with van der Waals surface area (Å²) in [6.07, 6.45) is 16.4. The van der Waals surface area contributed by atoms with Crippen molar-refractivity contribution in [3.05, 3.63) is 0 Å². The Balaban J connectivity index is 4.22. The normalized spacial score (nSPS) is 12.0. The summed E-state index contributed by atoms with van der Waals surface area (Å²) in [7, 11) is 0. The smallest absolute Gasteiger partial charge is 0.154 e. The number of nitrogens with zero attached hydrogens (tertiary/aromatic N) is 1. The van der Waals surface area contributed by atoms with Gasteiger partial charge in [0.2, 0.25) is 0 Å². The third kappa shape index (κ3) is 11.5. The molecule has 0 amide bonds. The third-order valence-electron chi connectivity index (χ3n) is 4.71. The first kappa shape index (κ1) is 21.2. The Morgan fingerprint density at radius 1 is 0.524 bits per heavy atom. The van der Waals surface area contributed by atoms with E-state index in [1.54, 1.807) is 0 Å². The summed E-state index contributed by atoms with van der Waals surface area (Å²) in [6, 6.07) is 0.824. The van der Waals surface area contributed by atoms with Gasteiger partial charge in [-0.1, -0.05) is 70.9 Å². The van der Waals surface area contributed by atoms with Gasteiger partial charge < -0.3 is 4.48 Å². The molecule has 0 aromatic heterocycles. The minimum atomic E-state index is 0.824. The molecule has 0 heterocycles. The minimum absolute atomic E-state index is 0.824. The molecule has 0 bridgehead atoms. The van der Waals surface area contributed by atoms with Crippen LogP contribution in [0, 0.1) is 0 Å². The van der Waals surface area contributed by atoms with E-state index in [1.807, 2.05) is 0 Å². The SMILES string of the molecule is CCCCCC[N+](CCl)(CCCCCC)CCCCCC. The van der Waals surface area contributed by atoms with Crippen molar-refractivity contribution in [2.45, 2.75) is 97.8 Å². The number of rotatable bonds is 16. The molecule has 0 N–H and O–H groups in total. The quantitative estimate of drug-likeness (QED) is 0.128. The number of quaternary nitrogens is 1. The van der Waals surface area contributed by atoms with Crippen LogP contribution in [-0.2, 0) is 0 Å². The molecule has 0 saturated carbocycles. The van der Waals surface area contributed by atoms with Gasteiger partial charge in [-0.3, -0.25) is 0 Å². The van der Waals surface area contributed by atoms with Crippen molar-refractivity contribution >= 4 is 11.6 Å². The highest BCUT2D eigenvalue weighted by Gasteiger charge is 2.24. The van der Waals surface area contributed by atoms with E-state index in [-0.39, 0.29) is 0 Å². The Morgan fingerprint density at radius 3 is 1.10 bits per heavy atom. The molecule has 2 heteroatoms. The molecule has 0 fully saturated rings. The summed E-state index contributed by atoms with van der Waals surface area (Å²) in [5.41, 5.74) is 0. The largest absolute Gasteiger partial charge is 0.311 e. The molecule has 0 aliphatic carbocycles. The first-order valence-electron chi connectivity index (χ1n) is 9.65. The zero-order valence-electron chi connectivity index (χ0n) is 15.1. The maximum Gasteiger partial charge on any atom is 0.154 e. The third-order valence-corrected chi connectivity index (χ3v) is 5.22. The molecule has 0 spiro atoms. The predicted molar refractivity (Wildman–Crippen MR) is 98.0 cm³/mol. The molecule has 0 atom stereocenters. The first-order valence-corrected chi connectivity index (χ1v) is 10.2. The van der Waals surface area contributed by atoms with E-state index in [0.717, 1.165) is 6.00 Å². The van der Waals surface area contributed by atoms with Crippen molar-refractivity contribution in [1.29, 1.82) is 0 Å². The zero-order valence-corrected chi connectivity index (χ0v) is 15.9. The van der Waals surface area contributed by atoms with Gasteiger partial charge in [0, 0.05) is 0 Å². The van der Waals surface area contributed by atoms with E-state index in [9.17, 15) is 0 Å². The highest BCUT2D eigenvalue weighted by atomic mass is 35.5. The van der Waals surface area contributed by atoms with Crippen LogP contribution in [0.2, 0.25) is 0 Å². The zero-order chi connectivity index (χ0) is 15.8. The molecule has 0 aromatic rings. The molecule has 0 unspecified atom stereocenters. The lowest BCUT2D eigenvalue weighted by Gasteiger charge is -2.37. The van der Waals surface area contributed by atoms with Gasteiger partial charge in [-0.05, 0) is 38.5 Å². The fourth-order valence-corrected chi connectivity index (χ4v) is 3.50. The lowest BCUT2D eigenvalue weighted by molar-refractivity contribution is -0.918. The maximum atomic E-state index is 6.43. The fraction of sp³-hybridized carbons (Fsp3) is 1.00. The average molecular weight is 319 g/mol. The topological polar surface area (TPSA) is 0 Å². The van der Waals surface area contributed by atoms with Gasteiger partial charge in [-0.2, -0.15) is 0 Å². The second kappa shape index (κ2) is 15.2. The Kier molecular flexibility index (Phi) is 15.3. The second-order valence-corrected chi connectivity index (χ2v) is 7.05. The molecule has 0 aromatic carbocycles. The number of alkyl halides is 1. The van der Waals surface area contributed by atoms with Crippen LogP contribution in [0.3, 0.4) is 0 Å². The fourth-order valence-electron chi connectivity index (χ4n) is 3.14. The van der Waals surface area contributed by atoms with Crippen molar-refractivity contribution in [3.8, 4) is 0 Å². The number of unbranched alkanes of at least 4 members (excludes halogenated alkanes) is 9.